The normalized spacial score (nSPS) is 10.7. The van der Waals surface area contributed by atoms with Gasteiger partial charge in [-0.05, 0) is 21.8 Å². The summed E-state index contributed by atoms with van der Waals surface area (Å²) in [5.41, 5.74) is 1.06. The van der Waals surface area contributed by atoms with Crippen LogP contribution in [0, 0.1) is 0 Å². The molecular formula is C11H13BrN4OS. The first-order valence-electron chi connectivity index (χ1n) is 5.39. The number of hydrogen-bond acceptors (Lipinski definition) is 6. The van der Waals surface area contributed by atoms with Gasteiger partial charge in [-0.25, -0.2) is 9.97 Å². The van der Waals surface area contributed by atoms with E-state index in [1.54, 1.807) is 13.3 Å². The third-order valence-corrected chi connectivity index (χ3v) is 3.56. The fraction of sp³-hybridized carbons (Fsp3) is 0.364. The zero-order valence-corrected chi connectivity index (χ0v) is 12.7. The van der Waals surface area contributed by atoms with Gasteiger partial charge in [0.25, 0.3) is 0 Å². The Hall–Kier alpha value is -1.21. The molecule has 2 aromatic rings. The number of aromatic nitrogens is 3. The van der Waals surface area contributed by atoms with E-state index in [2.05, 4.69) is 50.0 Å². The van der Waals surface area contributed by atoms with Crippen LogP contribution in [0.25, 0.3) is 0 Å². The van der Waals surface area contributed by atoms with Crippen LogP contribution in [0.2, 0.25) is 0 Å². The summed E-state index contributed by atoms with van der Waals surface area (Å²) in [6.45, 7) is 4.22. The highest BCUT2D eigenvalue weighted by Gasteiger charge is 2.09. The van der Waals surface area contributed by atoms with Crippen LogP contribution in [0.4, 0.5) is 11.1 Å². The van der Waals surface area contributed by atoms with Crippen LogP contribution in [0.15, 0.2) is 16.0 Å². The summed E-state index contributed by atoms with van der Waals surface area (Å²) in [7, 11) is 1.57. The zero-order chi connectivity index (χ0) is 13.1. The van der Waals surface area contributed by atoms with Gasteiger partial charge in [-0.15, -0.1) is 11.3 Å². The maximum absolute atomic E-state index is 5.11. The summed E-state index contributed by atoms with van der Waals surface area (Å²) < 4.78 is 5.83. The SMILES string of the molecule is COc1nc(Nc2nc(C(C)C)cs2)ncc1Br. The molecule has 0 saturated heterocycles. The Labute approximate surface area is 118 Å². The molecule has 0 bridgehead atoms. The lowest BCUT2D eigenvalue weighted by atomic mass is 10.2. The number of thiazole rings is 1. The summed E-state index contributed by atoms with van der Waals surface area (Å²) in [4.78, 5) is 12.8. The number of halogens is 1. The van der Waals surface area contributed by atoms with E-state index in [4.69, 9.17) is 4.74 Å². The van der Waals surface area contributed by atoms with Gasteiger partial charge in [0.05, 0.1) is 23.5 Å². The average molecular weight is 329 g/mol. The van der Waals surface area contributed by atoms with Gasteiger partial charge in [0.1, 0.15) is 0 Å². The van der Waals surface area contributed by atoms with E-state index >= 15 is 0 Å². The van der Waals surface area contributed by atoms with Crippen LogP contribution in [0.5, 0.6) is 5.88 Å². The minimum atomic E-state index is 0.414. The van der Waals surface area contributed by atoms with Gasteiger partial charge in [-0.1, -0.05) is 13.8 Å². The second-order valence-electron chi connectivity index (χ2n) is 3.91. The first kappa shape index (κ1) is 13.2. The number of nitrogens with zero attached hydrogens (tertiary/aromatic N) is 3. The molecular weight excluding hydrogens is 316 g/mol. The molecule has 0 aromatic carbocycles. The van der Waals surface area contributed by atoms with Gasteiger partial charge in [-0.3, -0.25) is 5.32 Å². The van der Waals surface area contributed by atoms with Crippen molar-refractivity contribution in [3.63, 3.8) is 0 Å². The molecule has 0 fully saturated rings. The molecule has 1 N–H and O–H groups in total. The molecule has 0 atom stereocenters. The second kappa shape index (κ2) is 5.62. The Balaban J connectivity index is 2.17. The van der Waals surface area contributed by atoms with E-state index in [-0.39, 0.29) is 0 Å². The Morgan fingerprint density at radius 2 is 2.17 bits per heavy atom. The fourth-order valence-corrected chi connectivity index (χ4v) is 2.48. The highest BCUT2D eigenvalue weighted by Crippen LogP contribution is 2.26. The monoisotopic (exact) mass is 328 g/mol. The molecule has 0 aliphatic carbocycles. The molecule has 0 radical (unpaired) electrons. The van der Waals surface area contributed by atoms with E-state index in [1.807, 2.05) is 5.38 Å². The molecule has 0 amide bonds. The average Bonchev–Trinajstić information content (AvgIpc) is 2.80. The van der Waals surface area contributed by atoms with E-state index in [9.17, 15) is 0 Å². The molecule has 5 nitrogen and oxygen atoms in total. The Morgan fingerprint density at radius 1 is 1.39 bits per heavy atom. The number of hydrogen-bond donors (Lipinski definition) is 1. The third-order valence-electron chi connectivity index (χ3n) is 2.24. The lowest BCUT2D eigenvalue weighted by Gasteiger charge is -2.04. The Kier molecular flexibility index (Phi) is 4.13. The lowest BCUT2D eigenvalue weighted by Crippen LogP contribution is -1.99. The van der Waals surface area contributed by atoms with Crippen molar-refractivity contribution in [2.45, 2.75) is 19.8 Å². The summed E-state index contributed by atoms with van der Waals surface area (Å²) in [6.07, 6.45) is 1.64. The van der Waals surface area contributed by atoms with Gasteiger partial charge in [0.15, 0.2) is 5.13 Å². The number of methoxy groups -OCH3 is 1. The number of anilines is 2. The molecule has 96 valence electrons. The first-order chi connectivity index (χ1) is 8.60. The molecule has 2 aromatic heterocycles. The maximum atomic E-state index is 5.11. The Morgan fingerprint density at radius 3 is 2.78 bits per heavy atom. The number of ether oxygens (including phenoxy) is 1. The molecule has 0 unspecified atom stereocenters. The molecule has 7 heteroatoms. The highest BCUT2D eigenvalue weighted by atomic mass is 79.9. The van der Waals surface area contributed by atoms with E-state index < -0.39 is 0 Å². The molecule has 0 aliphatic rings. The van der Waals surface area contributed by atoms with Crippen LogP contribution in [-0.2, 0) is 0 Å². The summed E-state index contributed by atoms with van der Waals surface area (Å²) in [5.74, 6) is 1.38. The fourth-order valence-electron chi connectivity index (χ4n) is 1.26. The van der Waals surface area contributed by atoms with Crippen molar-refractivity contribution >= 4 is 38.3 Å². The molecule has 0 aliphatic heterocycles. The Bertz CT molecular complexity index is 544. The molecule has 18 heavy (non-hydrogen) atoms. The van der Waals surface area contributed by atoms with Crippen LogP contribution in [0.3, 0.4) is 0 Å². The van der Waals surface area contributed by atoms with E-state index in [1.165, 1.54) is 11.3 Å². The van der Waals surface area contributed by atoms with Crippen molar-refractivity contribution in [3.8, 4) is 5.88 Å². The summed E-state index contributed by atoms with van der Waals surface area (Å²) in [5, 5.41) is 5.88. The van der Waals surface area contributed by atoms with E-state index in [0.717, 1.165) is 15.3 Å². The van der Waals surface area contributed by atoms with E-state index in [0.29, 0.717) is 17.7 Å². The minimum Gasteiger partial charge on any atom is -0.480 e. The quantitative estimate of drug-likeness (QED) is 0.929. The standard InChI is InChI=1S/C11H13BrN4OS/c1-6(2)8-5-18-11(14-8)16-10-13-4-7(12)9(15-10)17-3/h4-6H,1-3H3,(H,13,14,15,16). The topological polar surface area (TPSA) is 59.9 Å². The molecule has 2 heterocycles. The van der Waals surface area contributed by atoms with Crippen molar-refractivity contribution < 1.29 is 4.74 Å². The lowest BCUT2D eigenvalue weighted by molar-refractivity contribution is 0.394. The van der Waals surface area contributed by atoms with Gasteiger partial charge >= 0.3 is 0 Å². The third kappa shape index (κ3) is 2.97. The largest absolute Gasteiger partial charge is 0.480 e. The number of nitrogens with one attached hydrogen (secondary N) is 1. The maximum Gasteiger partial charge on any atom is 0.232 e. The van der Waals surface area contributed by atoms with Crippen molar-refractivity contribution in [1.82, 2.24) is 15.0 Å². The summed E-state index contributed by atoms with van der Waals surface area (Å²) >= 11 is 4.84. The van der Waals surface area contributed by atoms with Crippen molar-refractivity contribution in [3.05, 3.63) is 21.7 Å². The van der Waals surface area contributed by atoms with Gasteiger partial charge in [-0.2, -0.15) is 4.98 Å². The molecule has 2 rings (SSSR count). The highest BCUT2D eigenvalue weighted by molar-refractivity contribution is 9.10. The number of rotatable bonds is 4. The molecule has 0 spiro atoms. The second-order valence-corrected chi connectivity index (χ2v) is 5.62. The van der Waals surface area contributed by atoms with Crippen LogP contribution < -0.4 is 10.1 Å². The van der Waals surface area contributed by atoms with Crippen molar-refractivity contribution in [1.29, 1.82) is 0 Å². The predicted octanol–water partition coefficient (Wildman–Crippen LogP) is 3.57. The van der Waals surface area contributed by atoms with Gasteiger partial charge in [0.2, 0.25) is 11.8 Å². The van der Waals surface area contributed by atoms with Crippen molar-refractivity contribution in [2.24, 2.45) is 0 Å². The van der Waals surface area contributed by atoms with Crippen molar-refractivity contribution in [2.75, 3.05) is 12.4 Å². The predicted molar refractivity (Wildman–Crippen MR) is 75.8 cm³/mol. The summed E-state index contributed by atoms with van der Waals surface area (Å²) in [6, 6.07) is 0. The van der Waals surface area contributed by atoms with Crippen LogP contribution >= 0.6 is 27.3 Å². The van der Waals surface area contributed by atoms with Gasteiger partial charge < -0.3 is 4.74 Å². The minimum absolute atomic E-state index is 0.414. The smallest absolute Gasteiger partial charge is 0.232 e. The van der Waals surface area contributed by atoms with Crippen LogP contribution in [-0.4, -0.2) is 22.1 Å². The zero-order valence-electron chi connectivity index (χ0n) is 10.3. The molecule has 0 saturated carbocycles. The van der Waals surface area contributed by atoms with Crippen LogP contribution in [0.1, 0.15) is 25.5 Å². The van der Waals surface area contributed by atoms with Gasteiger partial charge in [0, 0.05) is 5.38 Å². The first-order valence-corrected chi connectivity index (χ1v) is 7.06.